The summed E-state index contributed by atoms with van der Waals surface area (Å²) < 4.78 is 5.40. The molecular formula is C14H17NO2. The Hall–Kier alpha value is -1.77. The van der Waals surface area contributed by atoms with E-state index in [4.69, 9.17) is 4.74 Å². The lowest BCUT2D eigenvalue weighted by molar-refractivity contribution is 0.408. The number of aromatic amines is 1. The van der Waals surface area contributed by atoms with E-state index in [1.165, 1.54) is 0 Å². The molecule has 0 saturated heterocycles. The summed E-state index contributed by atoms with van der Waals surface area (Å²) in [5, 5.41) is 0.749. The van der Waals surface area contributed by atoms with E-state index in [1.807, 2.05) is 13.0 Å². The van der Waals surface area contributed by atoms with Crippen molar-refractivity contribution in [3.63, 3.8) is 0 Å². The van der Waals surface area contributed by atoms with Gasteiger partial charge in [0.05, 0.1) is 18.0 Å². The predicted molar refractivity (Wildman–Crippen MR) is 69.9 cm³/mol. The Morgan fingerprint density at radius 3 is 2.65 bits per heavy atom. The topological polar surface area (TPSA) is 42.1 Å². The predicted octanol–water partition coefficient (Wildman–Crippen LogP) is 2.97. The maximum atomic E-state index is 12.0. The SMILES string of the molecule is COc1cc(C)c2[nH]ccc(=O)c2c1C(C)C. The number of aryl methyl sites for hydroxylation is 1. The monoisotopic (exact) mass is 231 g/mol. The minimum Gasteiger partial charge on any atom is -0.496 e. The number of fused-ring (bicyclic) bond motifs is 1. The Kier molecular flexibility index (Phi) is 2.92. The van der Waals surface area contributed by atoms with Gasteiger partial charge in [-0.3, -0.25) is 4.79 Å². The number of hydrogen-bond acceptors (Lipinski definition) is 2. The minimum absolute atomic E-state index is 0.0458. The van der Waals surface area contributed by atoms with Crippen molar-refractivity contribution in [2.24, 2.45) is 0 Å². The van der Waals surface area contributed by atoms with E-state index < -0.39 is 0 Å². The molecule has 0 atom stereocenters. The van der Waals surface area contributed by atoms with E-state index in [9.17, 15) is 4.79 Å². The Morgan fingerprint density at radius 2 is 2.06 bits per heavy atom. The molecule has 1 aromatic carbocycles. The molecule has 1 heterocycles. The van der Waals surface area contributed by atoms with Gasteiger partial charge in [-0.25, -0.2) is 0 Å². The molecule has 1 aromatic heterocycles. The van der Waals surface area contributed by atoms with Crippen LogP contribution in [0.2, 0.25) is 0 Å². The highest BCUT2D eigenvalue weighted by molar-refractivity contribution is 5.87. The fraction of sp³-hybridized carbons (Fsp3) is 0.357. The van der Waals surface area contributed by atoms with E-state index in [0.717, 1.165) is 27.8 Å². The molecule has 0 aliphatic rings. The summed E-state index contributed by atoms with van der Waals surface area (Å²) in [6, 6.07) is 3.54. The summed E-state index contributed by atoms with van der Waals surface area (Å²) in [6.07, 6.45) is 1.69. The summed E-state index contributed by atoms with van der Waals surface area (Å²) in [5.74, 6) is 1.04. The van der Waals surface area contributed by atoms with Gasteiger partial charge in [0, 0.05) is 17.8 Å². The molecule has 0 aliphatic carbocycles. The maximum absolute atomic E-state index is 12.0. The highest BCUT2D eigenvalue weighted by atomic mass is 16.5. The second-order valence-electron chi connectivity index (χ2n) is 4.56. The summed E-state index contributed by atoms with van der Waals surface area (Å²) >= 11 is 0. The van der Waals surface area contributed by atoms with E-state index in [1.54, 1.807) is 19.4 Å². The standard InChI is InChI=1S/C14H17NO2/c1-8(2)12-11(17-4)7-9(3)14-13(12)10(16)5-6-15-14/h5-8H,1-4H3,(H,15,16). The van der Waals surface area contributed by atoms with Crippen molar-refractivity contribution in [1.82, 2.24) is 4.98 Å². The van der Waals surface area contributed by atoms with Gasteiger partial charge in [0.1, 0.15) is 5.75 Å². The third-order valence-corrected chi connectivity index (χ3v) is 3.03. The van der Waals surface area contributed by atoms with Crippen LogP contribution in [-0.2, 0) is 0 Å². The van der Waals surface area contributed by atoms with Crippen molar-refractivity contribution < 1.29 is 4.74 Å². The van der Waals surface area contributed by atoms with Crippen molar-refractivity contribution in [3.05, 3.63) is 39.7 Å². The molecule has 0 unspecified atom stereocenters. The first-order valence-electron chi connectivity index (χ1n) is 5.75. The van der Waals surface area contributed by atoms with Crippen LogP contribution in [0.4, 0.5) is 0 Å². The van der Waals surface area contributed by atoms with Crippen LogP contribution in [0.1, 0.15) is 30.9 Å². The lowest BCUT2D eigenvalue weighted by Gasteiger charge is -2.16. The zero-order valence-electron chi connectivity index (χ0n) is 10.6. The van der Waals surface area contributed by atoms with E-state index >= 15 is 0 Å². The lowest BCUT2D eigenvalue weighted by atomic mass is 9.94. The Balaban J connectivity index is 3.01. The fourth-order valence-electron chi connectivity index (χ4n) is 2.27. The van der Waals surface area contributed by atoms with Crippen LogP contribution in [0.5, 0.6) is 5.75 Å². The van der Waals surface area contributed by atoms with Gasteiger partial charge in [0.15, 0.2) is 5.43 Å². The number of methoxy groups -OCH3 is 1. The van der Waals surface area contributed by atoms with E-state index in [0.29, 0.717) is 0 Å². The van der Waals surface area contributed by atoms with Gasteiger partial charge in [0.25, 0.3) is 0 Å². The zero-order valence-corrected chi connectivity index (χ0v) is 10.6. The first kappa shape index (κ1) is 11.7. The van der Waals surface area contributed by atoms with Gasteiger partial charge in [0.2, 0.25) is 0 Å². The minimum atomic E-state index is 0.0458. The first-order valence-corrected chi connectivity index (χ1v) is 5.75. The molecule has 3 heteroatoms. The molecule has 2 rings (SSSR count). The average molecular weight is 231 g/mol. The van der Waals surface area contributed by atoms with Crippen molar-refractivity contribution in [1.29, 1.82) is 0 Å². The quantitative estimate of drug-likeness (QED) is 0.863. The third-order valence-electron chi connectivity index (χ3n) is 3.03. The van der Waals surface area contributed by atoms with Crippen molar-refractivity contribution in [2.45, 2.75) is 26.7 Å². The molecular weight excluding hydrogens is 214 g/mol. The molecule has 17 heavy (non-hydrogen) atoms. The van der Waals surface area contributed by atoms with Crippen LogP contribution in [-0.4, -0.2) is 12.1 Å². The van der Waals surface area contributed by atoms with E-state index in [-0.39, 0.29) is 11.3 Å². The highest BCUT2D eigenvalue weighted by Gasteiger charge is 2.16. The Bertz CT molecular complexity index is 611. The third kappa shape index (κ3) is 1.82. The molecule has 0 spiro atoms. The van der Waals surface area contributed by atoms with Crippen LogP contribution in [0, 0.1) is 6.92 Å². The van der Waals surface area contributed by atoms with Gasteiger partial charge in [-0.05, 0) is 24.5 Å². The largest absolute Gasteiger partial charge is 0.496 e. The molecule has 0 fully saturated rings. The van der Waals surface area contributed by atoms with Gasteiger partial charge in [-0.2, -0.15) is 0 Å². The van der Waals surface area contributed by atoms with Gasteiger partial charge in [-0.15, -0.1) is 0 Å². The average Bonchev–Trinajstić information content (AvgIpc) is 2.29. The molecule has 90 valence electrons. The second-order valence-corrected chi connectivity index (χ2v) is 4.56. The summed E-state index contributed by atoms with van der Waals surface area (Å²) in [4.78, 5) is 15.2. The van der Waals surface area contributed by atoms with Crippen molar-refractivity contribution in [2.75, 3.05) is 7.11 Å². The normalized spacial score (nSPS) is 11.1. The molecule has 0 radical (unpaired) electrons. The number of rotatable bonds is 2. The molecule has 1 N–H and O–H groups in total. The van der Waals surface area contributed by atoms with Gasteiger partial charge >= 0.3 is 0 Å². The Morgan fingerprint density at radius 1 is 1.35 bits per heavy atom. The summed E-state index contributed by atoms with van der Waals surface area (Å²) in [7, 11) is 1.64. The number of aromatic nitrogens is 1. The second kappa shape index (κ2) is 4.24. The molecule has 2 aromatic rings. The number of H-pyrrole nitrogens is 1. The first-order chi connectivity index (χ1) is 8.06. The van der Waals surface area contributed by atoms with Crippen LogP contribution in [0.3, 0.4) is 0 Å². The molecule has 0 aliphatic heterocycles. The smallest absolute Gasteiger partial charge is 0.189 e. The van der Waals surface area contributed by atoms with Crippen LogP contribution in [0.25, 0.3) is 10.9 Å². The summed E-state index contributed by atoms with van der Waals surface area (Å²) in [6.45, 7) is 6.11. The number of hydrogen-bond donors (Lipinski definition) is 1. The number of ether oxygens (including phenoxy) is 1. The number of nitrogens with one attached hydrogen (secondary N) is 1. The maximum Gasteiger partial charge on any atom is 0.189 e. The van der Waals surface area contributed by atoms with Crippen LogP contribution >= 0.6 is 0 Å². The van der Waals surface area contributed by atoms with E-state index in [2.05, 4.69) is 18.8 Å². The van der Waals surface area contributed by atoms with Crippen LogP contribution in [0.15, 0.2) is 23.1 Å². The van der Waals surface area contributed by atoms with Crippen LogP contribution < -0.4 is 10.2 Å². The number of benzene rings is 1. The molecule has 0 amide bonds. The zero-order chi connectivity index (χ0) is 12.6. The van der Waals surface area contributed by atoms with Crippen molar-refractivity contribution >= 4 is 10.9 Å². The molecule has 0 bridgehead atoms. The molecule has 3 nitrogen and oxygen atoms in total. The highest BCUT2D eigenvalue weighted by Crippen LogP contribution is 2.33. The molecule has 0 saturated carbocycles. The Labute approximate surface area is 100 Å². The fourth-order valence-corrected chi connectivity index (χ4v) is 2.27. The van der Waals surface area contributed by atoms with Gasteiger partial charge in [-0.1, -0.05) is 13.8 Å². The number of pyridine rings is 1. The lowest BCUT2D eigenvalue weighted by Crippen LogP contribution is -2.08. The summed E-state index contributed by atoms with van der Waals surface area (Å²) in [5.41, 5.74) is 2.96. The van der Waals surface area contributed by atoms with Crippen molar-refractivity contribution in [3.8, 4) is 5.75 Å². The van der Waals surface area contributed by atoms with Gasteiger partial charge < -0.3 is 9.72 Å².